The number of aryl methyl sites for hydroxylation is 1. The summed E-state index contributed by atoms with van der Waals surface area (Å²) in [5, 5.41) is 5.14. The molecular weight excluding hydrogens is 328 g/mol. The normalized spacial score (nSPS) is 11.9. The van der Waals surface area contributed by atoms with Crippen LogP contribution in [0.4, 0.5) is 0 Å². The van der Waals surface area contributed by atoms with Gasteiger partial charge in [-0.1, -0.05) is 60.7 Å². The number of aromatic amines is 1. The van der Waals surface area contributed by atoms with E-state index in [0.29, 0.717) is 0 Å². The van der Waals surface area contributed by atoms with Gasteiger partial charge in [0.2, 0.25) is 0 Å². The zero-order valence-corrected chi connectivity index (χ0v) is 15.0. The summed E-state index contributed by atoms with van der Waals surface area (Å²) in [5.74, 6) is 0. The van der Waals surface area contributed by atoms with E-state index in [1.54, 1.807) is 0 Å². The van der Waals surface area contributed by atoms with E-state index in [9.17, 15) is 0 Å². The Hall–Kier alpha value is -3.52. The summed E-state index contributed by atoms with van der Waals surface area (Å²) in [6.07, 6.45) is 0. The van der Waals surface area contributed by atoms with Crippen LogP contribution < -0.4 is 0 Å². The first-order chi connectivity index (χ1) is 13.3. The number of benzene rings is 4. The molecule has 2 heterocycles. The van der Waals surface area contributed by atoms with Gasteiger partial charge in [-0.2, -0.15) is 0 Å². The van der Waals surface area contributed by atoms with Crippen molar-refractivity contribution >= 4 is 43.6 Å². The van der Waals surface area contributed by atoms with Gasteiger partial charge in [-0.25, -0.2) is 0 Å². The lowest BCUT2D eigenvalue weighted by Crippen LogP contribution is -1.96. The van der Waals surface area contributed by atoms with E-state index in [2.05, 4.69) is 101 Å². The lowest BCUT2D eigenvalue weighted by Gasteiger charge is -2.10. The van der Waals surface area contributed by atoms with Crippen LogP contribution in [0.3, 0.4) is 0 Å². The van der Waals surface area contributed by atoms with E-state index < -0.39 is 0 Å². The second-order valence-corrected chi connectivity index (χ2v) is 7.19. The minimum Gasteiger partial charge on any atom is -0.354 e. The minimum atomic E-state index is 1.19. The molecule has 2 aromatic heterocycles. The average Bonchev–Trinajstić information content (AvgIpc) is 3.24. The zero-order chi connectivity index (χ0) is 18.0. The highest BCUT2D eigenvalue weighted by molar-refractivity contribution is 6.25. The fraction of sp³-hybridized carbons (Fsp3) is 0.0400. The second-order valence-electron chi connectivity index (χ2n) is 7.19. The van der Waals surface area contributed by atoms with Crippen molar-refractivity contribution in [1.29, 1.82) is 0 Å². The van der Waals surface area contributed by atoms with Gasteiger partial charge in [0, 0.05) is 32.7 Å². The predicted molar refractivity (Wildman–Crippen MR) is 115 cm³/mol. The molecule has 6 rings (SSSR count). The van der Waals surface area contributed by atoms with Crippen molar-refractivity contribution in [2.75, 3.05) is 0 Å². The van der Waals surface area contributed by atoms with Crippen LogP contribution in [0, 0.1) is 6.92 Å². The molecule has 1 N–H and O–H groups in total. The van der Waals surface area contributed by atoms with Crippen molar-refractivity contribution in [2.24, 2.45) is 0 Å². The lowest BCUT2D eigenvalue weighted by molar-refractivity contribution is 1.15. The van der Waals surface area contributed by atoms with E-state index >= 15 is 0 Å². The number of rotatable bonds is 1. The van der Waals surface area contributed by atoms with Gasteiger partial charge in [-0.3, -0.25) is 0 Å². The minimum absolute atomic E-state index is 1.19. The van der Waals surface area contributed by atoms with Gasteiger partial charge < -0.3 is 9.55 Å². The Morgan fingerprint density at radius 1 is 0.630 bits per heavy atom. The highest BCUT2D eigenvalue weighted by atomic mass is 15.0. The Balaban J connectivity index is 1.89. The molecule has 27 heavy (non-hydrogen) atoms. The Morgan fingerprint density at radius 3 is 2.26 bits per heavy atom. The number of hydrogen-bond acceptors (Lipinski definition) is 0. The number of aromatic nitrogens is 2. The fourth-order valence-corrected chi connectivity index (χ4v) is 4.45. The van der Waals surface area contributed by atoms with Crippen molar-refractivity contribution in [1.82, 2.24) is 9.55 Å². The standard InChI is InChI=1S/C25H18N2/c1-16-8-2-6-12-21(16)27-22-13-7-4-10-19(22)24-23(27)15-14-18-17-9-3-5-11-20(17)26-25(18)24/h2-15,26H,1H3. The average molecular weight is 346 g/mol. The van der Waals surface area contributed by atoms with Gasteiger partial charge in [-0.05, 0) is 36.8 Å². The van der Waals surface area contributed by atoms with Crippen LogP contribution in [0.1, 0.15) is 5.56 Å². The maximum Gasteiger partial charge on any atom is 0.0566 e. The molecule has 0 aliphatic rings. The van der Waals surface area contributed by atoms with Crippen molar-refractivity contribution in [3.8, 4) is 5.69 Å². The predicted octanol–water partition coefficient (Wildman–Crippen LogP) is 6.73. The van der Waals surface area contributed by atoms with Crippen LogP contribution >= 0.6 is 0 Å². The number of nitrogens with one attached hydrogen (secondary N) is 1. The number of fused-ring (bicyclic) bond motifs is 7. The molecule has 4 aromatic carbocycles. The molecule has 6 aromatic rings. The van der Waals surface area contributed by atoms with Crippen LogP contribution in [0.15, 0.2) is 84.9 Å². The summed E-state index contributed by atoms with van der Waals surface area (Å²) in [6.45, 7) is 2.18. The lowest BCUT2D eigenvalue weighted by atomic mass is 10.1. The van der Waals surface area contributed by atoms with Gasteiger partial charge in [0.1, 0.15) is 0 Å². The molecule has 128 valence electrons. The van der Waals surface area contributed by atoms with Gasteiger partial charge in [0.05, 0.1) is 16.6 Å². The molecule has 0 saturated heterocycles. The smallest absolute Gasteiger partial charge is 0.0566 e. The molecule has 0 bridgehead atoms. The molecule has 0 saturated carbocycles. The molecule has 0 radical (unpaired) electrons. The largest absolute Gasteiger partial charge is 0.354 e. The van der Waals surface area contributed by atoms with Gasteiger partial charge in [0.15, 0.2) is 0 Å². The summed E-state index contributed by atoms with van der Waals surface area (Å²) in [6, 6.07) is 30.4. The number of H-pyrrole nitrogens is 1. The van der Waals surface area contributed by atoms with Crippen LogP contribution in [0.2, 0.25) is 0 Å². The Kier molecular flexibility index (Phi) is 2.84. The highest BCUT2D eigenvalue weighted by Crippen LogP contribution is 2.39. The monoisotopic (exact) mass is 346 g/mol. The first kappa shape index (κ1) is 14.6. The van der Waals surface area contributed by atoms with Crippen molar-refractivity contribution < 1.29 is 0 Å². The third-order valence-corrected chi connectivity index (χ3v) is 5.67. The molecule has 0 aliphatic carbocycles. The molecule has 0 aliphatic heterocycles. The zero-order valence-electron chi connectivity index (χ0n) is 15.0. The van der Waals surface area contributed by atoms with E-state index in [0.717, 1.165) is 0 Å². The maximum atomic E-state index is 3.68. The van der Waals surface area contributed by atoms with Crippen LogP contribution in [-0.4, -0.2) is 9.55 Å². The summed E-state index contributed by atoms with van der Waals surface area (Å²) in [7, 11) is 0. The SMILES string of the molecule is Cc1ccccc1-n1c2ccccc2c2c3[nH]c4ccccc4c3ccc21. The highest BCUT2D eigenvalue weighted by Gasteiger charge is 2.17. The summed E-state index contributed by atoms with van der Waals surface area (Å²) < 4.78 is 2.39. The molecule has 2 nitrogen and oxygen atoms in total. The fourth-order valence-electron chi connectivity index (χ4n) is 4.45. The van der Waals surface area contributed by atoms with E-state index in [1.165, 1.54) is 54.9 Å². The van der Waals surface area contributed by atoms with Crippen LogP contribution in [0.25, 0.3) is 49.3 Å². The third-order valence-electron chi connectivity index (χ3n) is 5.67. The topological polar surface area (TPSA) is 20.7 Å². The summed E-state index contributed by atoms with van der Waals surface area (Å²) in [5.41, 5.74) is 7.40. The molecule has 0 spiro atoms. The van der Waals surface area contributed by atoms with E-state index in [1.807, 2.05) is 0 Å². The maximum absolute atomic E-state index is 3.68. The first-order valence-electron chi connectivity index (χ1n) is 9.31. The van der Waals surface area contributed by atoms with Crippen molar-refractivity contribution in [2.45, 2.75) is 6.92 Å². The summed E-state index contributed by atoms with van der Waals surface area (Å²) >= 11 is 0. The van der Waals surface area contributed by atoms with E-state index in [-0.39, 0.29) is 0 Å². The van der Waals surface area contributed by atoms with Crippen molar-refractivity contribution in [3.05, 3.63) is 90.5 Å². The number of hydrogen-bond donors (Lipinski definition) is 1. The second kappa shape index (κ2) is 5.24. The van der Waals surface area contributed by atoms with Gasteiger partial charge in [-0.15, -0.1) is 0 Å². The Bertz CT molecular complexity index is 1480. The van der Waals surface area contributed by atoms with Gasteiger partial charge in [0.25, 0.3) is 0 Å². The van der Waals surface area contributed by atoms with Crippen LogP contribution in [-0.2, 0) is 0 Å². The molecule has 0 amide bonds. The Morgan fingerprint density at radius 2 is 1.37 bits per heavy atom. The van der Waals surface area contributed by atoms with Gasteiger partial charge >= 0.3 is 0 Å². The van der Waals surface area contributed by atoms with Crippen LogP contribution in [0.5, 0.6) is 0 Å². The quantitative estimate of drug-likeness (QED) is 0.341. The first-order valence-corrected chi connectivity index (χ1v) is 9.31. The van der Waals surface area contributed by atoms with E-state index in [4.69, 9.17) is 0 Å². The van der Waals surface area contributed by atoms with Crippen molar-refractivity contribution in [3.63, 3.8) is 0 Å². The molecule has 0 unspecified atom stereocenters. The number of nitrogens with zero attached hydrogens (tertiary/aromatic N) is 1. The molecular formula is C25H18N2. The molecule has 2 heteroatoms. The summed E-state index contributed by atoms with van der Waals surface area (Å²) in [4.78, 5) is 3.68. The Labute approximate surface area is 156 Å². The third kappa shape index (κ3) is 1.90. The molecule has 0 atom stereocenters. The number of para-hydroxylation sites is 3. The molecule has 0 fully saturated rings.